The first-order valence-corrected chi connectivity index (χ1v) is 9.63. The molecule has 4 rings (SSSR count). The van der Waals surface area contributed by atoms with Gasteiger partial charge in [0.2, 0.25) is 11.8 Å². The summed E-state index contributed by atoms with van der Waals surface area (Å²) in [6.07, 6.45) is 4.61. The van der Waals surface area contributed by atoms with E-state index in [1.807, 2.05) is 31.2 Å². The third kappa shape index (κ3) is 5.08. The quantitative estimate of drug-likeness (QED) is 0.500. The van der Waals surface area contributed by atoms with Crippen molar-refractivity contribution in [3.05, 3.63) is 90.3 Å². The van der Waals surface area contributed by atoms with E-state index in [1.165, 1.54) is 5.56 Å². The lowest BCUT2D eigenvalue weighted by Gasteiger charge is -2.08. The molecule has 0 aliphatic heterocycles. The molecule has 0 bridgehead atoms. The number of nitrogens with zero attached hydrogens (tertiary/aromatic N) is 4. The fourth-order valence-corrected chi connectivity index (χ4v) is 2.97. The molecule has 1 amide bonds. The van der Waals surface area contributed by atoms with Crippen LogP contribution in [-0.4, -0.2) is 25.9 Å². The van der Waals surface area contributed by atoms with E-state index >= 15 is 0 Å². The number of benzene rings is 2. The number of rotatable bonds is 7. The van der Waals surface area contributed by atoms with Crippen LogP contribution in [0.1, 0.15) is 17.5 Å². The molecule has 150 valence electrons. The first kappa shape index (κ1) is 19.3. The van der Waals surface area contributed by atoms with E-state index in [1.54, 1.807) is 53.5 Å². The molecule has 0 saturated heterocycles. The van der Waals surface area contributed by atoms with Crippen molar-refractivity contribution in [3.63, 3.8) is 0 Å². The molecular formula is C23H21N5O2. The largest absolute Gasteiger partial charge is 0.438 e. The summed E-state index contributed by atoms with van der Waals surface area (Å²) in [7, 11) is 0. The molecule has 7 nitrogen and oxygen atoms in total. The molecule has 4 aromatic rings. The Balaban J connectivity index is 1.30. The maximum absolute atomic E-state index is 12.2. The van der Waals surface area contributed by atoms with Crippen LogP contribution in [0.4, 0.5) is 5.69 Å². The minimum absolute atomic E-state index is 0.0229. The fourth-order valence-electron chi connectivity index (χ4n) is 2.97. The Hall–Kier alpha value is -4.00. The second-order valence-electron chi connectivity index (χ2n) is 6.84. The SMILES string of the molecule is Cc1cccc(CCC(=O)Nc2ccc(Oc3ccc(-n4cccn4)nn3)cc2)c1. The van der Waals surface area contributed by atoms with E-state index in [0.29, 0.717) is 30.3 Å². The maximum atomic E-state index is 12.2. The lowest BCUT2D eigenvalue weighted by Crippen LogP contribution is -2.12. The van der Waals surface area contributed by atoms with Crippen LogP contribution in [0.5, 0.6) is 11.6 Å². The molecule has 0 unspecified atom stereocenters. The second kappa shape index (κ2) is 9.00. The molecule has 0 fully saturated rings. The van der Waals surface area contributed by atoms with Gasteiger partial charge >= 0.3 is 0 Å². The highest BCUT2D eigenvalue weighted by molar-refractivity contribution is 5.90. The number of ether oxygens (including phenoxy) is 1. The Morgan fingerprint density at radius 2 is 1.90 bits per heavy atom. The maximum Gasteiger partial charge on any atom is 0.238 e. The Kier molecular flexibility index (Phi) is 5.80. The van der Waals surface area contributed by atoms with Gasteiger partial charge in [-0.1, -0.05) is 29.8 Å². The van der Waals surface area contributed by atoms with Gasteiger partial charge in [-0.25, -0.2) is 4.68 Å². The smallest absolute Gasteiger partial charge is 0.238 e. The van der Waals surface area contributed by atoms with Gasteiger partial charge in [0.25, 0.3) is 0 Å². The number of carbonyl (C=O) groups excluding carboxylic acids is 1. The van der Waals surface area contributed by atoms with Crippen molar-refractivity contribution in [1.82, 2.24) is 20.0 Å². The summed E-state index contributed by atoms with van der Waals surface area (Å²) in [6, 6.07) is 20.7. The van der Waals surface area contributed by atoms with Crippen molar-refractivity contribution < 1.29 is 9.53 Å². The summed E-state index contributed by atoms with van der Waals surface area (Å²) in [6.45, 7) is 2.05. The first-order valence-electron chi connectivity index (χ1n) is 9.63. The van der Waals surface area contributed by atoms with Gasteiger partial charge in [0.15, 0.2) is 5.82 Å². The topological polar surface area (TPSA) is 81.9 Å². The predicted octanol–water partition coefficient (Wildman–Crippen LogP) is 4.33. The molecule has 0 atom stereocenters. The van der Waals surface area contributed by atoms with Gasteiger partial charge in [0.1, 0.15) is 5.75 Å². The Morgan fingerprint density at radius 1 is 1.03 bits per heavy atom. The van der Waals surface area contributed by atoms with Crippen LogP contribution in [-0.2, 0) is 11.2 Å². The number of amides is 1. The zero-order valence-corrected chi connectivity index (χ0v) is 16.5. The summed E-state index contributed by atoms with van der Waals surface area (Å²) in [4.78, 5) is 12.2. The standard InChI is InChI=1S/C23H21N5O2/c1-17-4-2-5-18(16-17)6-12-22(29)25-19-7-9-20(10-8-19)30-23-13-11-21(26-27-23)28-15-3-14-24-28/h2-5,7-11,13-16H,6,12H2,1H3,(H,25,29). The van der Waals surface area contributed by atoms with Crippen LogP contribution >= 0.6 is 0 Å². The van der Waals surface area contributed by atoms with Crippen LogP contribution in [0, 0.1) is 6.92 Å². The number of hydrogen-bond donors (Lipinski definition) is 1. The normalized spacial score (nSPS) is 10.6. The summed E-state index contributed by atoms with van der Waals surface area (Å²) in [5.41, 5.74) is 3.08. The second-order valence-corrected chi connectivity index (χ2v) is 6.84. The Labute approximate surface area is 174 Å². The van der Waals surface area contributed by atoms with Crippen LogP contribution in [0.15, 0.2) is 79.1 Å². The van der Waals surface area contributed by atoms with Crippen molar-refractivity contribution in [2.75, 3.05) is 5.32 Å². The van der Waals surface area contributed by atoms with E-state index in [-0.39, 0.29) is 5.91 Å². The van der Waals surface area contributed by atoms with Crippen molar-refractivity contribution in [2.24, 2.45) is 0 Å². The van der Waals surface area contributed by atoms with Crippen LogP contribution in [0.2, 0.25) is 0 Å². The predicted molar refractivity (Wildman–Crippen MR) is 114 cm³/mol. The molecule has 7 heteroatoms. The van der Waals surface area contributed by atoms with Crippen LogP contribution in [0.3, 0.4) is 0 Å². The van der Waals surface area contributed by atoms with Crippen molar-refractivity contribution in [3.8, 4) is 17.4 Å². The molecule has 1 N–H and O–H groups in total. The lowest BCUT2D eigenvalue weighted by molar-refractivity contribution is -0.116. The van der Waals surface area contributed by atoms with Gasteiger partial charge in [-0.3, -0.25) is 4.79 Å². The highest BCUT2D eigenvalue weighted by Crippen LogP contribution is 2.21. The zero-order chi connectivity index (χ0) is 20.8. The van der Waals surface area contributed by atoms with Gasteiger partial charge in [0.05, 0.1) is 0 Å². The summed E-state index contributed by atoms with van der Waals surface area (Å²) in [5.74, 6) is 1.57. The number of nitrogens with one attached hydrogen (secondary N) is 1. The van der Waals surface area contributed by atoms with Crippen molar-refractivity contribution >= 4 is 11.6 Å². The van der Waals surface area contributed by atoms with Gasteiger partial charge in [-0.05, 0) is 55.3 Å². The third-order valence-electron chi connectivity index (χ3n) is 4.45. The number of anilines is 1. The average Bonchev–Trinajstić information content (AvgIpc) is 3.29. The van der Waals surface area contributed by atoms with Gasteiger partial charge in [-0.15, -0.1) is 10.2 Å². The number of aromatic nitrogens is 4. The molecule has 2 aromatic heterocycles. The van der Waals surface area contributed by atoms with Crippen LogP contribution < -0.4 is 10.1 Å². The van der Waals surface area contributed by atoms with Gasteiger partial charge < -0.3 is 10.1 Å². The average molecular weight is 399 g/mol. The van der Waals surface area contributed by atoms with E-state index in [0.717, 1.165) is 11.3 Å². The number of carbonyl (C=O) groups is 1. The highest BCUT2D eigenvalue weighted by Gasteiger charge is 2.06. The van der Waals surface area contributed by atoms with Crippen LogP contribution in [0.25, 0.3) is 5.82 Å². The van der Waals surface area contributed by atoms with E-state index in [2.05, 4.69) is 26.7 Å². The Morgan fingerprint density at radius 3 is 2.60 bits per heavy atom. The fraction of sp³-hybridized carbons (Fsp3) is 0.130. The summed E-state index contributed by atoms with van der Waals surface area (Å²) >= 11 is 0. The van der Waals surface area contributed by atoms with E-state index in [4.69, 9.17) is 4.74 Å². The molecular weight excluding hydrogens is 378 g/mol. The zero-order valence-electron chi connectivity index (χ0n) is 16.5. The molecule has 0 aliphatic rings. The minimum Gasteiger partial charge on any atom is -0.438 e. The lowest BCUT2D eigenvalue weighted by atomic mass is 10.1. The third-order valence-corrected chi connectivity index (χ3v) is 4.45. The molecule has 0 saturated carbocycles. The molecule has 2 aromatic carbocycles. The van der Waals surface area contributed by atoms with Crippen molar-refractivity contribution in [2.45, 2.75) is 19.8 Å². The Bertz CT molecular complexity index is 1110. The van der Waals surface area contributed by atoms with Gasteiger partial charge in [-0.2, -0.15) is 5.10 Å². The minimum atomic E-state index is -0.0229. The molecule has 0 spiro atoms. The summed E-state index contributed by atoms with van der Waals surface area (Å²) < 4.78 is 7.33. The number of aryl methyl sites for hydroxylation is 2. The molecule has 30 heavy (non-hydrogen) atoms. The molecule has 2 heterocycles. The van der Waals surface area contributed by atoms with E-state index in [9.17, 15) is 4.79 Å². The van der Waals surface area contributed by atoms with E-state index < -0.39 is 0 Å². The summed E-state index contributed by atoms with van der Waals surface area (Å²) in [5, 5.41) is 15.2. The van der Waals surface area contributed by atoms with Crippen molar-refractivity contribution in [1.29, 1.82) is 0 Å². The monoisotopic (exact) mass is 399 g/mol. The highest BCUT2D eigenvalue weighted by atomic mass is 16.5. The molecule has 0 aliphatic carbocycles. The number of hydrogen-bond acceptors (Lipinski definition) is 5. The van der Waals surface area contributed by atoms with Gasteiger partial charge in [0, 0.05) is 30.6 Å². The first-order chi connectivity index (χ1) is 14.7. The molecule has 0 radical (unpaired) electrons.